The number of Topliss-reactive ketones (excluding diaryl/α,β-unsaturated/α-hetero) is 1. The van der Waals surface area contributed by atoms with Crippen LogP contribution in [0.4, 0.5) is 10.1 Å². The number of para-hydroxylation sites is 1. The Hall–Kier alpha value is -2.95. The summed E-state index contributed by atoms with van der Waals surface area (Å²) in [6.07, 6.45) is 0. The van der Waals surface area contributed by atoms with Crippen LogP contribution in [0, 0.1) is 5.82 Å². The zero-order valence-electron chi connectivity index (χ0n) is 12.8. The summed E-state index contributed by atoms with van der Waals surface area (Å²) in [7, 11) is 1.65. The molecule has 0 aliphatic rings. The van der Waals surface area contributed by atoms with Crippen LogP contribution in [-0.4, -0.2) is 16.3 Å². The van der Waals surface area contributed by atoms with E-state index in [9.17, 15) is 14.0 Å². The summed E-state index contributed by atoms with van der Waals surface area (Å²) in [5.41, 5.74) is 1.77. The number of halogens is 1. The van der Waals surface area contributed by atoms with Crippen molar-refractivity contribution >= 4 is 28.3 Å². The average molecular weight is 310 g/mol. The Morgan fingerprint density at radius 2 is 1.83 bits per heavy atom. The van der Waals surface area contributed by atoms with E-state index in [-0.39, 0.29) is 17.5 Å². The first kappa shape index (κ1) is 15.0. The lowest BCUT2D eigenvalue weighted by molar-refractivity contribution is 0.100. The van der Waals surface area contributed by atoms with Crippen molar-refractivity contribution in [3.05, 3.63) is 65.6 Å². The minimum Gasteiger partial charge on any atom is -0.337 e. The van der Waals surface area contributed by atoms with Crippen molar-refractivity contribution in [2.24, 2.45) is 7.05 Å². The van der Waals surface area contributed by atoms with Gasteiger partial charge in [-0.3, -0.25) is 9.59 Å². The number of nitrogens with one attached hydrogen (secondary N) is 1. The number of benzene rings is 2. The molecule has 3 rings (SSSR count). The molecule has 0 radical (unpaired) electrons. The van der Waals surface area contributed by atoms with Gasteiger partial charge in [0.15, 0.2) is 5.78 Å². The van der Waals surface area contributed by atoms with Gasteiger partial charge < -0.3 is 9.88 Å². The molecule has 1 amide bonds. The van der Waals surface area contributed by atoms with Crippen molar-refractivity contribution in [1.29, 1.82) is 0 Å². The highest BCUT2D eigenvalue weighted by molar-refractivity contribution is 6.07. The van der Waals surface area contributed by atoms with E-state index < -0.39 is 0 Å². The van der Waals surface area contributed by atoms with Gasteiger partial charge in [-0.05, 0) is 31.2 Å². The standard InChI is InChI=1S/C18H15FN2O2/c1-11(22)12-5-3-7-14(9-12)20-18(23)16-10-13-6-4-8-15(19)17(13)21(16)2/h3-10H,1-2H3,(H,20,23). The molecule has 0 fully saturated rings. The molecule has 2 aromatic carbocycles. The Morgan fingerprint density at radius 1 is 1.09 bits per heavy atom. The number of hydrogen-bond acceptors (Lipinski definition) is 2. The minimum atomic E-state index is -0.373. The van der Waals surface area contributed by atoms with Crippen molar-refractivity contribution < 1.29 is 14.0 Å². The van der Waals surface area contributed by atoms with Gasteiger partial charge >= 0.3 is 0 Å². The summed E-state index contributed by atoms with van der Waals surface area (Å²) in [5, 5.41) is 3.40. The average Bonchev–Trinajstić information content (AvgIpc) is 2.86. The van der Waals surface area contributed by atoms with Crippen LogP contribution in [0.1, 0.15) is 27.8 Å². The number of rotatable bonds is 3. The Bertz CT molecular complexity index is 928. The van der Waals surface area contributed by atoms with E-state index in [1.807, 2.05) is 0 Å². The van der Waals surface area contributed by atoms with Crippen LogP contribution in [-0.2, 0) is 7.05 Å². The fourth-order valence-corrected chi connectivity index (χ4v) is 2.60. The zero-order valence-corrected chi connectivity index (χ0v) is 12.8. The molecule has 0 bridgehead atoms. The number of nitrogens with zero attached hydrogens (tertiary/aromatic N) is 1. The third-order valence-electron chi connectivity index (χ3n) is 3.77. The molecule has 0 saturated heterocycles. The Morgan fingerprint density at radius 3 is 2.52 bits per heavy atom. The molecule has 4 nitrogen and oxygen atoms in total. The molecule has 116 valence electrons. The summed E-state index contributed by atoms with van der Waals surface area (Å²) in [6, 6.07) is 13.1. The predicted octanol–water partition coefficient (Wildman–Crippen LogP) is 3.77. The predicted molar refractivity (Wildman–Crippen MR) is 87.3 cm³/mol. The maximum Gasteiger partial charge on any atom is 0.272 e. The van der Waals surface area contributed by atoms with Crippen molar-refractivity contribution in [2.75, 3.05) is 5.32 Å². The van der Waals surface area contributed by atoms with Gasteiger partial charge in [-0.1, -0.05) is 24.3 Å². The van der Waals surface area contributed by atoms with E-state index in [2.05, 4.69) is 5.32 Å². The topological polar surface area (TPSA) is 51.1 Å². The number of hydrogen-bond donors (Lipinski definition) is 1. The molecule has 0 atom stereocenters. The van der Waals surface area contributed by atoms with Gasteiger partial charge in [0.25, 0.3) is 5.91 Å². The smallest absolute Gasteiger partial charge is 0.272 e. The number of ketones is 1. The number of aryl methyl sites for hydroxylation is 1. The first-order chi connectivity index (χ1) is 11.0. The van der Waals surface area contributed by atoms with E-state index >= 15 is 0 Å². The Labute approximate surface area is 132 Å². The van der Waals surface area contributed by atoms with Crippen molar-refractivity contribution in [3.63, 3.8) is 0 Å². The number of amides is 1. The monoisotopic (exact) mass is 310 g/mol. The fourth-order valence-electron chi connectivity index (χ4n) is 2.60. The second-order valence-electron chi connectivity index (χ2n) is 5.36. The van der Waals surface area contributed by atoms with E-state index in [4.69, 9.17) is 0 Å². The largest absolute Gasteiger partial charge is 0.337 e. The van der Waals surface area contributed by atoms with Gasteiger partial charge in [0.1, 0.15) is 11.5 Å². The second-order valence-corrected chi connectivity index (χ2v) is 5.36. The Balaban J connectivity index is 1.95. The fraction of sp³-hybridized carbons (Fsp3) is 0.111. The molecule has 1 aromatic heterocycles. The van der Waals surface area contributed by atoms with E-state index in [1.165, 1.54) is 17.6 Å². The highest BCUT2D eigenvalue weighted by atomic mass is 19.1. The number of fused-ring (bicyclic) bond motifs is 1. The molecule has 23 heavy (non-hydrogen) atoms. The highest BCUT2D eigenvalue weighted by Gasteiger charge is 2.16. The quantitative estimate of drug-likeness (QED) is 0.749. The van der Waals surface area contributed by atoms with Gasteiger partial charge in [-0.2, -0.15) is 0 Å². The SMILES string of the molecule is CC(=O)c1cccc(NC(=O)c2cc3cccc(F)c3n2C)c1. The first-order valence-electron chi connectivity index (χ1n) is 7.13. The summed E-state index contributed by atoms with van der Waals surface area (Å²) >= 11 is 0. The van der Waals surface area contributed by atoms with Crippen LogP contribution < -0.4 is 5.32 Å². The van der Waals surface area contributed by atoms with Gasteiger partial charge in [-0.25, -0.2) is 4.39 Å². The highest BCUT2D eigenvalue weighted by Crippen LogP contribution is 2.22. The molecule has 5 heteroatoms. The van der Waals surface area contributed by atoms with Crippen LogP contribution >= 0.6 is 0 Å². The molecular weight excluding hydrogens is 295 g/mol. The van der Waals surface area contributed by atoms with E-state index in [0.717, 1.165) is 0 Å². The van der Waals surface area contributed by atoms with Crippen LogP contribution in [0.2, 0.25) is 0 Å². The van der Waals surface area contributed by atoms with Crippen LogP contribution in [0.5, 0.6) is 0 Å². The van der Waals surface area contributed by atoms with Crippen molar-refractivity contribution in [3.8, 4) is 0 Å². The van der Waals surface area contributed by atoms with Crippen LogP contribution in [0.25, 0.3) is 10.9 Å². The molecule has 0 aliphatic carbocycles. The first-order valence-corrected chi connectivity index (χ1v) is 7.13. The molecule has 1 N–H and O–H groups in total. The second kappa shape index (κ2) is 5.68. The van der Waals surface area contributed by atoms with Crippen molar-refractivity contribution in [1.82, 2.24) is 4.57 Å². The number of anilines is 1. The molecular formula is C18H15FN2O2. The lowest BCUT2D eigenvalue weighted by Gasteiger charge is -2.07. The molecule has 0 saturated carbocycles. The molecule has 1 heterocycles. The Kier molecular flexibility index (Phi) is 3.70. The lowest BCUT2D eigenvalue weighted by atomic mass is 10.1. The third-order valence-corrected chi connectivity index (χ3v) is 3.77. The normalized spacial score (nSPS) is 10.7. The van der Waals surface area contributed by atoms with Gasteiger partial charge in [0.2, 0.25) is 0 Å². The van der Waals surface area contributed by atoms with Gasteiger partial charge in [0, 0.05) is 23.7 Å². The molecule has 3 aromatic rings. The van der Waals surface area contributed by atoms with Gasteiger partial charge in [0.05, 0.1) is 5.52 Å². The molecule has 0 aliphatic heterocycles. The minimum absolute atomic E-state index is 0.0761. The number of carbonyl (C=O) groups is 2. The third kappa shape index (κ3) is 2.73. The summed E-state index contributed by atoms with van der Waals surface area (Å²) in [5.74, 6) is -0.806. The lowest BCUT2D eigenvalue weighted by Crippen LogP contribution is -2.15. The van der Waals surface area contributed by atoms with Gasteiger partial charge in [-0.15, -0.1) is 0 Å². The van der Waals surface area contributed by atoms with Crippen molar-refractivity contribution in [2.45, 2.75) is 6.92 Å². The summed E-state index contributed by atoms with van der Waals surface area (Å²) < 4.78 is 15.4. The number of carbonyl (C=O) groups excluding carboxylic acids is 2. The number of aromatic nitrogens is 1. The van der Waals surface area contributed by atoms with Crippen LogP contribution in [0.3, 0.4) is 0 Å². The van der Waals surface area contributed by atoms with E-state index in [1.54, 1.807) is 49.5 Å². The zero-order chi connectivity index (χ0) is 16.6. The molecule has 0 unspecified atom stereocenters. The summed E-state index contributed by atoms with van der Waals surface area (Å²) in [4.78, 5) is 23.9. The molecule has 0 spiro atoms. The maximum atomic E-state index is 13.9. The van der Waals surface area contributed by atoms with E-state index in [0.29, 0.717) is 27.8 Å². The maximum absolute atomic E-state index is 13.9. The summed E-state index contributed by atoms with van der Waals surface area (Å²) in [6.45, 7) is 1.47. The van der Waals surface area contributed by atoms with Crippen LogP contribution in [0.15, 0.2) is 48.5 Å².